The van der Waals surface area contributed by atoms with Crippen LogP contribution in [0.3, 0.4) is 0 Å². The van der Waals surface area contributed by atoms with Gasteiger partial charge in [-0.05, 0) is 63.5 Å². The van der Waals surface area contributed by atoms with Crippen molar-refractivity contribution in [2.24, 2.45) is 28.6 Å². The third-order valence-electron chi connectivity index (χ3n) is 9.05. The lowest BCUT2D eigenvalue weighted by atomic mass is 9.46. The van der Waals surface area contributed by atoms with Gasteiger partial charge >= 0.3 is 0 Å². The van der Waals surface area contributed by atoms with Gasteiger partial charge in [-0.3, -0.25) is 9.59 Å². The highest BCUT2D eigenvalue weighted by Gasteiger charge is 2.76. The van der Waals surface area contributed by atoms with Crippen LogP contribution in [-0.4, -0.2) is 52.0 Å². The Morgan fingerprint density at radius 2 is 2.00 bits per heavy atom. The van der Waals surface area contributed by atoms with E-state index >= 15 is 0 Å². The normalized spacial score (nSPS) is 50.9. The molecule has 2 N–H and O–H groups in total. The molecule has 0 aromatic heterocycles. The summed E-state index contributed by atoms with van der Waals surface area (Å²) in [5.74, 6) is -0.947. The predicted molar refractivity (Wildman–Crippen MR) is 108 cm³/mol. The number of allylic oxidation sites excluding steroid dienone is 4. The lowest BCUT2D eigenvalue weighted by Gasteiger charge is -2.59. The first-order valence-electron chi connectivity index (χ1n) is 11.1. The number of aliphatic hydroxyl groups is 2. The van der Waals surface area contributed by atoms with Crippen LogP contribution in [0.15, 0.2) is 23.8 Å². The molecule has 1 saturated heterocycles. The highest BCUT2D eigenvalue weighted by molar-refractivity contribution is 6.01. The molecule has 6 nitrogen and oxygen atoms in total. The van der Waals surface area contributed by atoms with Crippen LogP contribution in [0.4, 0.5) is 0 Å². The topological polar surface area (TPSA) is 93.1 Å². The third-order valence-corrected chi connectivity index (χ3v) is 9.05. The van der Waals surface area contributed by atoms with Gasteiger partial charge in [-0.15, -0.1) is 0 Å². The summed E-state index contributed by atoms with van der Waals surface area (Å²) in [5, 5.41) is 21.3. The standard InChI is InChI=1S/C24H32O6/c1-21(2)29-19-10-16-15-6-5-13-9-14(26)7-8-22(13,3)20(15)17(27)11-23(16,4)24(19,30-21)18(28)12-25/h7-9,15-17,19-20,25,27H,5-6,10-12H2,1-4H3/t15-,16-,17+,19-,20+,22-,23-,24+/m0/s1. The molecule has 0 unspecified atom stereocenters. The van der Waals surface area contributed by atoms with Gasteiger partial charge in [0.25, 0.3) is 0 Å². The summed E-state index contributed by atoms with van der Waals surface area (Å²) < 4.78 is 12.6. The molecule has 0 bridgehead atoms. The van der Waals surface area contributed by atoms with Crippen LogP contribution < -0.4 is 0 Å². The molecule has 1 aliphatic heterocycles. The molecule has 30 heavy (non-hydrogen) atoms. The van der Waals surface area contributed by atoms with Crippen molar-refractivity contribution in [1.82, 2.24) is 0 Å². The van der Waals surface area contributed by atoms with E-state index in [2.05, 4.69) is 6.92 Å². The van der Waals surface area contributed by atoms with E-state index < -0.39 is 35.6 Å². The van der Waals surface area contributed by atoms with E-state index in [1.165, 1.54) is 0 Å². The van der Waals surface area contributed by atoms with Gasteiger partial charge in [0.15, 0.2) is 23.0 Å². The molecule has 5 aliphatic rings. The second kappa shape index (κ2) is 6.12. The number of ether oxygens (including phenoxy) is 2. The van der Waals surface area contributed by atoms with E-state index in [1.807, 2.05) is 13.0 Å². The number of Topliss-reactive ketones (excluding diaryl/α,β-unsaturated/α-hetero) is 1. The van der Waals surface area contributed by atoms with E-state index in [0.717, 1.165) is 18.4 Å². The Bertz CT molecular complexity index is 873. The van der Waals surface area contributed by atoms with Crippen LogP contribution in [0, 0.1) is 28.6 Å². The molecule has 5 rings (SSSR count). The van der Waals surface area contributed by atoms with Crippen LogP contribution in [0.2, 0.25) is 0 Å². The minimum atomic E-state index is -1.24. The number of aliphatic hydroxyl groups excluding tert-OH is 2. The number of ketones is 2. The van der Waals surface area contributed by atoms with Crippen molar-refractivity contribution in [3.05, 3.63) is 23.8 Å². The van der Waals surface area contributed by atoms with Crippen molar-refractivity contribution in [3.8, 4) is 0 Å². The number of rotatable bonds is 2. The molecule has 1 heterocycles. The summed E-state index contributed by atoms with van der Waals surface area (Å²) in [5.41, 5.74) is -1.12. The second-order valence-electron chi connectivity index (χ2n) is 10.9. The first-order valence-corrected chi connectivity index (χ1v) is 11.1. The van der Waals surface area contributed by atoms with Gasteiger partial charge in [0, 0.05) is 16.7 Å². The van der Waals surface area contributed by atoms with E-state index in [1.54, 1.807) is 26.0 Å². The lowest BCUT2D eigenvalue weighted by Crippen LogP contribution is -2.63. The molecule has 0 aromatic rings. The Morgan fingerprint density at radius 1 is 1.27 bits per heavy atom. The zero-order valence-corrected chi connectivity index (χ0v) is 18.2. The maximum absolute atomic E-state index is 13.2. The Balaban J connectivity index is 1.59. The van der Waals surface area contributed by atoms with E-state index in [9.17, 15) is 19.8 Å². The first-order chi connectivity index (χ1) is 14.0. The average molecular weight is 417 g/mol. The summed E-state index contributed by atoms with van der Waals surface area (Å²) in [7, 11) is 0. The van der Waals surface area contributed by atoms with Crippen LogP contribution in [0.25, 0.3) is 0 Å². The fourth-order valence-corrected chi connectivity index (χ4v) is 8.04. The maximum Gasteiger partial charge on any atom is 0.193 e. The molecule has 4 fully saturated rings. The van der Waals surface area contributed by atoms with Gasteiger partial charge in [0.1, 0.15) is 6.61 Å². The fourth-order valence-electron chi connectivity index (χ4n) is 8.04. The predicted octanol–water partition coefficient (Wildman–Crippen LogP) is 2.33. The van der Waals surface area contributed by atoms with Crippen LogP contribution >= 0.6 is 0 Å². The van der Waals surface area contributed by atoms with Crippen LogP contribution in [0.5, 0.6) is 0 Å². The van der Waals surface area contributed by atoms with Gasteiger partial charge in [-0.2, -0.15) is 0 Å². The summed E-state index contributed by atoms with van der Waals surface area (Å²) in [6, 6.07) is 0. The molecule has 0 radical (unpaired) electrons. The van der Waals surface area contributed by atoms with Crippen molar-refractivity contribution in [2.75, 3.05) is 6.61 Å². The molecule has 0 aromatic carbocycles. The zero-order valence-electron chi connectivity index (χ0n) is 18.2. The third kappa shape index (κ3) is 2.34. The second-order valence-corrected chi connectivity index (χ2v) is 10.9. The highest BCUT2D eigenvalue weighted by atomic mass is 16.8. The molecule has 3 saturated carbocycles. The molecule has 164 valence electrons. The lowest BCUT2D eigenvalue weighted by molar-refractivity contribution is -0.225. The summed E-state index contributed by atoms with van der Waals surface area (Å²) in [6.45, 7) is 7.19. The minimum absolute atomic E-state index is 0.0167. The van der Waals surface area contributed by atoms with Gasteiger partial charge in [0.05, 0.1) is 12.2 Å². The molecule has 0 amide bonds. The molecule has 4 aliphatic carbocycles. The van der Waals surface area contributed by atoms with E-state index in [-0.39, 0.29) is 34.7 Å². The van der Waals surface area contributed by atoms with Crippen molar-refractivity contribution in [1.29, 1.82) is 0 Å². The first kappa shape index (κ1) is 20.6. The number of fused-ring (bicyclic) bond motifs is 7. The SMILES string of the molecule is CC1(C)O[C@H]2C[C@H]3[C@@H]4CCC5=CC(=O)C=C[C@]5(C)[C@H]4[C@H](O)C[C@]3(C)[C@]2(C(=O)CO)O1. The zero-order chi connectivity index (χ0) is 21.7. The largest absolute Gasteiger partial charge is 0.393 e. The quantitative estimate of drug-likeness (QED) is 0.718. The van der Waals surface area contributed by atoms with Crippen molar-refractivity contribution < 1.29 is 29.3 Å². The summed E-state index contributed by atoms with van der Waals surface area (Å²) >= 11 is 0. The summed E-state index contributed by atoms with van der Waals surface area (Å²) in [4.78, 5) is 25.1. The Kier molecular flexibility index (Phi) is 4.20. The Morgan fingerprint density at radius 3 is 2.70 bits per heavy atom. The minimum Gasteiger partial charge on any atom is -0.393 e. The smallest absolute Gasteiger partial charge is 0.193 e. The van der Waals surface area contributed by atoms with Gasteiger partial charge < -0.3 is 19.7 Å². The van der Waals surface area contributed by atoms with Crippen LogP contribution in [-0.2, 0) is 19.1 Å². The van der Waals surface area contributed by atoms with Gasteiger partial charge in [-0.1, -0.05) is 25.5 Å². The number of hydrogen-bond acceptors (Lipinski definition) is 6. The Hall–Kier alpha value is -1.34. The monoisotopic (exact) mass is 416 g/mol. The maximum atomic E-state index is 13.2. The highest BCUT2D eigenvalue weighted by Crippen LogP contribution is 2.70. The van der Waals surface area contributed by atoms with Gasteiger partial charge in [0.2, 0.25) is 0 Å². The average Bonchev–Trinajstić information content (AvgIpc) is 3.07. The van der Waals surface area contributed by atoms with Gasteiger partial charge in [-0.25, -0.2) is 0 Å². The van der Waals surface area contributed by atoms with E-state index in [4.69, 9.17) is 9.47 Å². The molecule has 0 spiro atoms. The van der Waals surface area contributed by atoms with E-state index in [0.29, 0.717) is 12.8 Å². The summed E-state index contributed by atoms with van der Waals surface area (Å²) in [6.07, 6.45) is 7.04. The van der Waals surface area contributed by atoms with Crippen LogP contribution in [0.1, 0.15) is 53.4 Å². The number of hydrogen-bond donors (Lipinski definition) is 2. The number of carbonyl (C=O) groups excluding carboxylic acids is 2. The van der Waals surface area contributed by atoms with Crippen molar-refractivity contribution in [3.63, 3.8) is 0 Å². The van der Waals surface area contributed by atoms with Crippen molar-refractivity contribution in [2.45, 2.75) is 77.0 Å². The molecular formula is C24H32O6. The van der Waals surface area contributed by atoms with Crippen molar-refractivity contribution >= 4 is 11.6 Å². The number of carbonyl (C=O) groups is 2. The molecule has 6 heteroatoms. The molecular weight excluding hydrogens is 384 g/mol. The fraction of sp³-hybridized carbons (Fsp3) is 0.750. The Labute approximate surface area is 177 Å². The molecule has 8 atom stereocenters.